The highest BCUT2D eigenvalue weighted by molar-refractivity contribution is 7.98. The number of hydrogen-bond acceptors (Lipinski definition) is 6. The second-order valence-electron chi connectivity index (χ2n) is 7.62. The fourth-order valence-corrected chi connectivity index (χ4v) is 3.47. The van der Waals surface area contributed by atoms with Gasteiger partial charge in [0.15, 0.2) is 18.2 Å². The van der Waals surface area contributed by atoms with E-state index < -0.39 is 11.4 Å². The third-order valence-corrected chi connectivity index (χ3v) is 5.47. The molecule has 0 aliphatic heterocycles. The zero-order valence-electron chi connectivity index (χ0n) is 17.4. The van der Waals surface area contributed by atoms with E-state index >= 15 is 0 Å². The number of hydrogen-bond donors (Lipinski definition) is 0. The molecule has 0 spiro atoms. The van der Waals surface area contributed by atoms with E-state index in [1.165, 1.54) is 18.7 Å². The molecule has 0 aliphatic carbocycles. The predicted octanol–water partition coefficient (Wildman–Crippen LogP) is 4.96. The molecule has 29 heavy (non-hydrogen) atoms. The first-order chi connectivity index (χ1) is 13.6. The lowest BCUT2D eigenvalue weighted by molar-refractivity contribution is -0.129. The molecule has 0 saturated heterocycles. The van der Waals surface area contributed by atoms with Crippen LogP contribution in [0.15, 0.2) is 47.4 Å². The number of Topliss-reactive ketones (excluding diaryl/α,β-unsaturated/α-hetero) is 2. The van der Waals surface area contributed by atoms with Crippen molar-refractivity contribution in [1.82, 2.24) is 0 Å². The van der Waals surface area contributed by atoms with Gasteiger partial charge >= 0.3 is 5.97 Å². The van der Waals surface area contributed by atoms with Gasteiger partial charge in [0.25, 0.3) is 0 Å². The van der Waals surface area contributed by atoms with Gasteiger partial charge in [-0.25, -0.2) is 4.79 Å². The molecule has 0 unspecified atom stereocenters. The summed E-state index contributed by atoms with van der Waals surface area (Å²) in [6.45, 7) is 6.62. The number of carbonyl (C=O) groups excluding carboxylic acids is 3. The van der Waals surface area contributed by atoms with Crippen molar-refractivity contribution < 1.29 is 23.9 Å². The largest absolute Gasteiger partial charge is 0.496 e. The topological polar surface area (TPSA) is 69.7 Å². The van der Waals surface area contributed by atoms with Gasteiger partial charge in [0.05, 0.1) is 12.7 Å². The van der Waals surface area contributed by atoms with Crippen LogP contribution in [-0.2, 0) is 15.3 Å². The minimum absolute atomic E-state index is 0.0219. The Morgan fingerprint density at radius 2 is 1.72 bits per heavy atom. The van der Waals surface area contributed by atoms with Crippen LogP contribution in [0.25, 0.3) is 0 Å². The Labute approximate surface area is 175 Å². The van der Waals surface area contributed by atoms with E-state index in [4.69, 9.17) is 9.47 Å². The molecule has 0 fully saturated rings. The van der Waals surface area contributed by atoms with Gasteiger partial charge in [-0.1, -0.05) is 32.9 Å². The number of ketones is 2. The highest BCUT2D eigenvalue weighted by atomic mass is 32.2. The SMILES string of the molecule is COc1ccc(C(C)=O)cc1CSc1ccccc1C(=O)OCC(=O)C(C)(C)C. The van der Waals surface area contributed by atoms with Crippen LogP contribution in [0.1, 0.15) is 54.0 Å². The van der Waals surface area contributed by atoms with Gasteiger partial charge in [0.2, 0.25) is 0 Å². The van der Waals surface area contributed by atoms with Crippen molar-refractivity contribution in [2.24, 2.45) is 5.41 Å². The number of methoxy groups -OCH3 is 1. The van der Waals surface area contributed by atoms with Crippen LogP contribution in [0.2, 0.25) is 0 Å². The lowest BCUT2D eigenvalue weighted by Crippen LogP contribution is -2.26. The van der Waals surface area contributed by atoms with E-state index in [1.807, 2.05) is 12.1 Å². The van der Waals surface area contributed by atoms with Gasteiger partial charge in [-0.15, -0.1) is 11.8 Å². The molecule has 0 heterocycles. The summed E-state index contributed by atoms with van der Waals surface area (Å²) >= 11 is 1.44. The monoisotopic (exact) mass is 414 g/mol. The smallest absolute Gasteiger partial charge is 0.339 e. The fraction of sp³-hybridized carbons (Fsp3) is 0.348. The zero-order valence-corrected chi connectivity index (χ0v) is 18.2. The summed E-state index contributed by atoms with van der Waals surface area (Å²) in [7, 11) is 1.58. The second kappa shape index (κ2) is 9.74. The molecule has 0 bridgehead atoms. The maximum atomic E-state index is 12.5. The summed E-state index contributed by atoms with van der Waals surface area (Å²) in [4.78, 5) is 37.0. The van der Waals surface area contributed by atoms with Gasteiger partial charge < -0.3 is 9.47 Å². The molecular weight excluding hydrogens is 388 g/mol. The van der Waals surface area contributed by atoms with Crippen molar-refractivity contribution in [2.75, 3.05) is 13.7 Å². The molecule has 2 aromatic carbocycles. The molecule has 0 radical (unpaired) electrons. The van der Waals surface area contributed by atoms with Crippen LogP contribution in [0, 0.1) is 5.41 Å². The average Bonchev–Trinajstić information content (AvgIpc) is 2.69. The Bertz CT molecular complexity index is 912. The first kappa shape index (κ1) is 22.7. The first-order valence-electron chi connectivity index (χ1n) is 9.23. The lowest BCUT2D eigenvalue weighted by Gasteiger charge is -2.16. The normalized spacial score (nSPS) is 11.1. The summed E-state index contributed by atoms with van der Waals surface area (Å²) in [5, 5.41) is 0. The van der Waals surface area contributed by atoms with Crippen molar-refractivity contribution >= 4 is 29.3 Å². The van der Waals surface area contributed by atoms with E-state index in [9.17, 15) is 14.4 Å². The molecule has 154 valence electrons. The fourth-order valence-electron chi connectivity index (χ4n) is 2.45. The molecule has 0 aromatic heterocycles. The van der Waals surface area contributed by atoms with Crippen LogP contribution < -0.4 is 4.74 Å². The predicted molar refractivity (Wildman–Crippen MR) is 114 cm³/mol. The standard InChI is InChI=1S/C23H26O5S/c1-15(24)16-10-11-19(27-5)17(12-16)14-29-20-9-7-6-8-18(20)22(26)28-13-21(25)23(2,3)4/h6-12H,13-14H2,1-5H3. The van der Waals surface area contributed by atoms with Crippen LogP contribution >= 0.6 is 11.8 Å². The van der Waals surface area contributed by atoms with Crippen molar-refractivity contribution in [3.63, 3.8) is 0 Å². The molecule has 0 aliphatic rings. The highest BCUT2D eigenvalue weighted by Crippen LogP contribution is 2.31. The molecule has 0 amide bonds. The molecule has 2 rings (SSSR count). The number of esters is 1. The Kier molecular flexibility index (Phi) is 7.62. The minimum Gasteiger partial charge on any atom is -0.496 e. The van der Waals surface area contributed by atoms with Gasteiger partial charge in [-0.05, 0) is 37.3 Å². The van der Waals surface area contributed by atoms with E-state index in [2.05, 4.69) is 0 Å². The molecule has 2 aromatic rings. The van der Waals surface area contributed by atoms with E-state index in [1.54, 1.807) is 58.2 Å². The third kappa shape index (κ3) is 6.19. The Balaban J connectivity index is 2.15. The Morgan fingerprint density at radius 1 is 1.03 bits per heavy atom. The number of rotatable bonds is 8. The van der Waals surface area contributed by atoms with Gasteiger partial charge in [0.1, 0.15) is 5.75 Å². The average molecular weight is 415 g/mol. The van der Waals surface area contributed by atoms with E-state index in [-0.39, 0.29) is 18.2 Å². The quantitative estimate of drug-likeness (QED) is 0.345. The van der Waals surface area contributed by atoms with Crippen molar-refractivity contribution in [3.05, 3.63) is 59.2 Å². The molecule has 0 saturated carbocycles. The summed E-state index contributed by atoms with van der Waals surface area (Å²) in [5.74, 6) is 0.497. The minimum atomic E-state index is -0.563. The van der Waals surface area contributed by atoms with Gasteiger partial charge in [-0.3, -0.25) is 9.59 Å². The van der Waals surface area contributed by atoms with Crippen LogP contribution in [-0.4, -0.2) is 31.3 Å². The molecule has 0 atom stereocenters. The van der Waals surface area contributed by atoms with E-state index in [0.29, 0.717) is 22.6 Å². The summed E-state index contributed by atoms with van der Waals surface area (Å²) in [6.07, 6.45) is 0. The summed E-state index contributed by atoms with van der Waals surface area (Å²) < 4.78 is 10.6. The van der Waals surface area contributed by atoms with Gasteiger partial charge in [0, 0.05) is 27.2 Å². The number of ether oxygens (including phenoxy) is 2. The number of thioether (sulfide) groups is 1. The van der Waals surface area contributed by atoms with Crippen molar-refractivity contribution in [2.45, 2.75) is 38.3 Å². The lowest BCUT2D eigenvalue weighted by atomic mass is 9.91. The zero-order chi connectivity index (χ0) is 21.6. The van der Waals surface area contributed by atoms with Crippen molar-refractivity contribution in [3.8, 4) is 5.75 Å². The summed E-state index contributed by atoms with van der Waals surface area (Å²) in [6, 6.07) is 12.4. The van der Waals surface area contributed by atoms with Crippen LogP contribution in [0.4, 0.5) is 0 Å². The molecular formula is C23H26O5S. The van der Waals surface area contributed by atoms with Crippen LogP contribution in [0.5, 0.6) is 5.75 Å². The number of carbonyl (C=O) groups is 3. The Hall–Kier alpha value is -2.60. The molecule has 6 heteroatoms. The van der Waals surface area contributed by atoms with Crippen molar-refractivity contribution in [1.29, 1.82) is 0 Å². The maximum Gasteiger partial charge on any atom is 0.339 e. The summed E-state index contributed by atoms with van der Waals surface area (Å²) in [5.41, 5.74) is 1.30. The first-order valence-corrected chi connectivity index (χ1v) is 10.2. The number of benzene rings is 2. The molecule has 0 N–H and O–H groups in total. The Morgan fingerprint density at radius 3 is 2.34 bits per heavy atom. The van der Waals surface area contributed by atoms with E-state index in [0.717, 1.165) is 10.5 Å². The third-order valence-electron chi connectivity index (χ3n) is 4.35. The maximum absolute atomic E-state index is 12.5. The molecule has 5 nitrogen and oxygen atoms in total. The van der Waals surface area contributed by atoms with Crippen LogP contribution in [0.3, 0.4) is 0 Å². The highest BCUT2D eigenvalue weighted by Gasteiger charge is 2.23. The second-order valence-corrected chi connectivity index (χ2v) is 8.63. The van der Waals surface area contributed by atoms with Gasteiger partial charge in [-0.2, -0.15) is 0 Å².